The maximum Gasteiger partial charge on any atom is 0.251 e. The molecule has 0 saturated carbocycles. The number of hydrogen-bond acceptors (Lipinski definition) is 6. The molecule has 1 fully saturated rings. The van der Waals surface area contributed by atoms with Crippen LogP contribution in [0, 0.1) is 0 Å². The summed E-state index contributed by atoms with van der Waals surface area (Å²) in [5.74, 6) is -0.365. The molecule has 0 spiro atoms. The molecule has 2 N–H and O–H groups in total. The van der Waals surface area contributed by atoms with Gasteiger partial charge in [0, 0.05) is 48.0 Å². The quantitative estimate of drug-likeness (QED) is 0.673. The fourth-order valence-electron chi connectivity index (χ4n) is 2.60. The predicted octanol–water partition coefficient (Wildman–Crippen LogP) is 2.50. The molecule has 1 aromatic carbocycles. The van der Waals surface area contributed by atoms with Crippen molar-refractivity contribution in [1.82, 2.24) is 15.2 Å². The minimum Gasteiger partial charge on any atom is -0.379 e. The van der Waals surface area contributed by atoms with Gasteiger partial charge in [-0.1, -0.05) is 15.9 Å². The Morgan fingerprint density at radius 3 is 2.70 bits per heavy atom. The van der Waals surface area contributed by atoms with Crippen molar-refractivity contribution in [2.45, 2.75) is 13.0 Å². The second-order valence-electron chi connectivity index (χ2n) is 6.09. The van der Waals surface area contributed by atoms with Gasteiger partial charge in [-0.05, 0) is 24.3 Å². The number of rotatable bonds is 7. The van der Waals surface area contributed by atoms with Gasteiger partial charge in [0.15, 0.2) is 5.13 Å². The molecule has 1 aromatic heterocycles. The van der Waals surface area contributed by atoms with Gasteiger partial charge < -0.3 is 15.4 Å². The minimum atomic E-state index is -0.197. The monoisotopic (exact) mass is 452 g/mol. The zero-order valence-corrected chi connectivity index (χ0v) is 17.1. The van der Waals surface area contributed by atoms with Gasteiger partial charge in [-0.2, -0.15) is 0 Å². The zero-order chi connectivity index (χ0) is 19.1. The normalized spacial score (nSPS) is 14.7. The van der Waals surface area contributed by atoms with Crippen LogP contribution in [0.15, 0.2) is 34.1 Å². The molecule has 7 nitrogen and oxygen atoms in total. The van der Waals surface area contributed by atoms with E-state index in [0.717, 1.165) is 43.0 Å². The van der Waals surface area contributed by atoms with Crippen molar-refractivity contribution in [2.24, 2.45) is 0 Å². The molecular weight excluding hydrogens is 432 g/mol. The van der Waals surface area contributed by atoms with E-state index in [-0.39, 0.29) is 24.8 Å². The first-order valence-electron chi connectivity index (χ1n) is 8.68. The van der Waals surface area contributed by atoms with E-state index in [1.165, 1.54) is 11.3 Å². The molecule has 2 heterocycles. The Balaban J connectivity index is 1.39. The van der Waals surface area contributed by atoms with E-state index in [9.17, 15) is 9.59 Å². The van der Waals surface area contributed by atoms with Gasteiger partial charge in [-0.3, -0.25) is 14.5 Å². The lowest BCUT2D eigenvalue weighted by molar-refractivity contribution is -0.116. The number of carbonyl (C=O) groups excluding carboxylic acids is 2. The van der Waals surface area contributed by atoms with Crippen LogP contribution >= 0.6 is 27.3 Å². The van der Waals surface area contributed by atoms with Crippen molar-refractivity contribution in [2.75, 3.05) is 38.2 Å². The third kappa shape index (κ3) is 6.39. The summed E-state index contributed by atoms with van der Waals surface area (Å²) >= 11 is 4.74. The number of carbonyl (C=O) groups is 2. The summed E-state index contributed by atoms with van der Waals surface area (Å²) in [5, 5.41) is 8.08. The molecule has 3 rings (SSSR count). The number of halogens is 1. The highest BCUT2D eigenvalue weighted by atomic mass is 79.9. The summed E-state index contributed by atoms with van der Waals surface area (Å²) in [6, 6.07) is 7.06. The second-order valence-corrected chi connectivity index (χ2v) is 7.87. The van der Waals surface area contributed by atoms with Gasteiger partial charge in [0.2, 0.25) is 5.91 Å². The number of morpholine rings is 1. The number of amides is 2. The highest BCUT2D eigenvalue weighted by Gasteiger charge is 2.13. The molecule has 1 aliphatic rings. The Bertz CT molecular complexity index is 775. The zero-order valence-electron chi connectivity index (χ0n) is 14.7. The molecule has 2 aromatic rings. The van der Waals surface area contributed by atoms with E-state index in [2.05, 4.69) is 36.4 Å². The van der Waals surface area contributed by atoms with Crippen molar-refractivity contribution in [1.29, 1.82) is 0 Å². The second kappa shape index (κ2) is 9.93. The molecule has 0 atom stereocenters. The van der Waals surface area contributed by atoms with Crippen LogP contribution in [-0.2, 0) is 16.1 Å². The van der Waals surface area contributed by atoms with Crippen LogP contribution in [0.3, 0.4) is 0 Å². The van der Waals surface area contributed by atoms with Crippen molar-refractivity contribution >= 4 is 44.2 Å². The van der Waals surface area contributed by atoms with Gasteiger partial charge in [0.1, 0.15) is 0 Å². The first kappa shape index (κ1) is 19.9. The first-order valence-corrected chi connectivity index (χ1v) is 10.4. The Hall–Kier alpha value is -1.81. The van der Waals surface area contributed by atoms with E-state index in [1.54, 1.807) is 24.3 Å². The van der Waals surface area contributed by atoms with Crippen LogP contribution in [-0.4, -0.2) is 54.5 Å². The van der Waals surface area contributed by atoms with Crippen LogP contribution in [0.4, 0.5) is 5.13 Å². The van der Waals surface area contributed by atoms with E-state index < -0.39 is 0 Å². The van der Waals surface area contributed by atoms with Crippen molar-refractivity contribution < 1.29 is 14.3 Å². The molecule has 1 saturated heterocycles. The van der Waals surface area contributed by atoms with Gasteiger partial charge in [0.25, 0.3) is 5.91 Å². The SMILES string of the molecule is O=C(CCNC(=O)c1ccc(Br)cc1)Nc1nc(CN2CCOCC2)cs1. The maximum atomic E-state index is 12.0. The Morgan fingerprint density at radius 1 is 1.22 bits per heavy atom. The summed E-state index contributed by atoms with van der Waals surface area (Å²) in [7, 11) is 0. The first-order chi connectivity index (χ1) is 13.1. The lowest BCUT2D eigenvalue weighted by Gasteiger charge is -2.25. The molecule has 27 heavy (non-hydrogen) atoms. The van der Waals surface area contributed by atoms with Crippen LogP contribution in [0.2, 0.25) is 0 Å². The van der Waals surface area contributed by atoms with E-state index in [0.29, 0.717) is 10.7 Å². The predicted molar refractivity (Wildman–Crippen MR) is 108 cm³/mol. The number of thiazole rings is 1. The van der Waals surface area contributed by atoms with Crippen molar-refractivity contribution in [3.63, 3.8) is 0 Å². The molecule has 2 amide bonds. The molecule has 0 bridgehead atoms. The summed E-state index contributed by atoms with van der Waals surface area (Å²) < 4.78 is 6.25. The highest BCUT2D eigenvalue weighted by Crippen LogP contribution is 2.17. The molecule has 144 valence electrons. The van der Waals surface area contributed by atoms with Gasteiger partial charge in [-0.25, -0.2) is 4.98 Å². The molecule has 1 aliphatic heterocycles. The summed E-state index contributed by atoms with van der Waals surface area (Å²) in [4.78, 5) is 30.8. The molecule has 0 radical (unpaired) electrons. The van der Waals surface area contributed by atoms with Crippen LogP contribution in [0.25, 0.3) is 0 Å². The van der Waals surface area contributed by atoms with E-state index in [4.69, 9.17) is 4.74 Å². The standard InChI is InChI=1S/C18H21BrN4O3S/c19-14-3-1-13(2-4-14)17(25)20-6-5-16(24)22-18-21-15(12-27-18)11-23-7-9-26-10-8-23/h1-4,12H,5-11H2,(H,20,25)(H,21,22,24). The average molecular weight is 453 g/mol. The Kier molecular flexibility index (Phi) is 7.33. The number of nitrogens with one attached hydrogen (secondary N) is 2. The van der Waals surface area contributed by atoms with Gasteiger partial charge in [-0.15, -0.1) is 11.3 Å². The van der Waals surface area contributed by atoms with Crippen molar-refractivity contribution in [3.05, 3.63) is 45.4 Å². The molecular formula is C18H21BrN4O3S. The minimum absolute atomic E-state index is 0.168. The van der Waals surface area contributed by atoms with Crippen LogP contribution in [0.1, 0.15) is 22.5 Å². The third-order valence-corrected chi connectivity index (χ3v) is 5.37. The van der Waals surface area contributed by atoms with Gasteiger partial charge >= 0.3 is 0 Å². The largest absolute Gasteiger partial charge is 0.379 e. The van der Waals surface area contributed by atoms with E-state index in [1.807, 2.05) is 5.38 Å². The topological polar surface area (TPSA) is 83.6 Å². The maximum absolute atomic E-state index is 12.0. The summed E-state index contributed by atoms with van der Waals surface area (Å²) in [5.41, 5.74) is 1.51. The van der Waals surface area contributed by atoms with Crippen LogP contribution < -0.4 is 10.6 Å². The number of ether oxygens (including phenoxy) is 1. The van der Waals surface area contributed by atoms with E-state index >= 15 is 0 Å². The molecule has 0 aliphatic carbocycles. The summed E-state index contributed by atoms with van der Waals surface area (Å²) in [6.07, 6.45) is 0.195. The number of nitrogens with zero attached hydrogens (tertiary/aromatic N) is 2. The third-order valence-electron chi connectivity index (χ3n) is 4.03. The molecule has 9 heteroatoms. The number of aromatic nitrogens is 1. The average Bonchev–Trinajstić information content (AvgIpc) is 3.09. The number of anilines is 1. The number of benzene rings is 1. The van der Waals surface area contributed by atoms with Crippen LogP contribution in [0.5, 0.6) is 0 Å². The lowest BCUT2D eigenvalue weighted by Crippen LogP contribution is -2.35. The fraction of sp³-hybridized carbons (Fsp3) is 0.389. The highest BCUT2D eigenvalue weighted by molar-refractivity contribution is 9.10. The molecule has 0 unspecified atom stereocenters. The van der Waals surface area contributed by atoms with Crippen molar-refractivity contribution in [3.8, 4) is 0 Å². The summed E-state index contributed by atoms with van der Waals surface area (Å²) in [6.45, 7) is 4.33. The number of hydrogen-bond donors (Lipinski definition) is 2. The fourth-order valence-corrected chi connectivity index (χ4v) is 3.58. The van der Waals surface area contributed by atoms with Gasteiger partial charge in [0.05, 0.1) is 18.9 Å². The Morgan fingerprint density at radius 2 is 1.96 bits per heavy atom. The Labute approximate surface area is 170 Å². The lowest BCUT2D eigenvalue weighted by atomic mass is 10.2. The smallest absolute Gasteiger partial charge is 0.251 e.